The van der Waals surface area contributed by atoms with Crippen molar-refractivity contribution in [3.8, 4) is 56.5 Å². The molecule has 1 aliphatic carbocycles. The van der Waals surface area contributed by atoms with Gasteiger partial charge in [0.25, 0.3) is 0 Å². The number of para-hydroxylation sites is 2. The first-order chi connectivity index (χ1) is 22.6. The van der Waals surface area contributed by atoms with Crippen LogP contribution in [0.5, 0.6) is 0 Å². The predicted molar refractivity (Wildman–Crippen MR) is 184 cm³/mol. The van der Waals surface area contributed by atoms with Gasteiger partial charge in [-0.15, -0.1) is 0 Å². The highest BCUT2D eigenvalue weighted by Gasteiger charge is 2.38. The third-order valence-electron chi connectivity index (χ3n) is 9.20. The molecule has 5 aromatic carbocycles. The second-order valence-corrected chi connectivity index (χ2v) is 12.3. The van der Waals surface area contributed by atoms with Crippen LogP contribution < -0.4 is 0 Å². The summed E-state index contributed by atoms with van der Waals surface area (Å²) in [4.78, 5) is 20.2. The molecule has 46 heavy (non-hydrogen) atoms. The molecule has 0 N–H and O–H groups in total. The van der Waals surface area contributed by atoms with Gasteiger partial charge in [0.1, 0.15) is 16.9 Å². The monoisotopic (exact) mass is 592 g/mol. The molecule has 8 aromatic rings. The Kier molecular flexibility index (Phi) is 5.78. The Morgan fingerprint density at radius 1 is 0.478 bits per heavy atom. The molecule has 0 aliphatic heterocycles. The molecule has 0 amide bonds. The molecule has 9 rings (SSSR count). The second-order valence-electron chi connectivity index (χ2n) is 12.3. The second kappa shape index (κ2) is 10.0. The Labute approximate surface area is 266 Å². The molecule has 3 heterocycles. The average Bonchev–Trinajstić information content (AvgIpc) is 3.61. The van der Waals surface area contributed by atoms with Crippen LogP contribution in [-0.4, -0.2) is 19.9 Å². The molecule has 0 bridgehead atoms. The largest absolute Gasteiger partial charge is 0.455 e. The SMILES string of the molecule is CC1(C)c2ccccc2-c2ccnc(-c3nc(-c4ccccc4)nc(-c4cccc5c4oc4c(-c6ccccc6)cccc45)n3)c21. The zero-order valence-corrected chi connectivity index (χ0v) is 25.4. The molecular weight excluding hydrogens is 564 g/mol. The molecule has 218 valence electrons. The van der Waals surface area contributed by atoms with E-state index in [4.69, 9.17) is 24.4 Å². The Hall–Kier alpha value is -5.94. The molecule has 3 aromatic heterocycles. The summed E-state index contributed by atoms with van der Waals surface area (Å²) in [6.45, 7) is 4.50. The normalized spacial score (nSPS) is 13.2. The molecule has 5 nitrogen and oxygen atoms in total. The third kappa shape index (κ3) is 3.95. The first-order valence-corrected chi connectivity index (χ1v) is 15.5. The smallest absolute Gasteiger partial charge is 0.182 e. The summed E-state index contributed by atoms with van der Waals surface area (Å²) < 4.78 is 6.75. The van der Waals surface area contributed by atoms with Crippen LogP contribution in [0.4, 0.5) is 0 Å². The van der Waals surface area contributed by atoms with Crippen molar-refractivity contribution in [2.24, 2.45) is 0 Å². The van der Waals surface area contributed by atoms with Gasteiger partial charge < -0.3 is 4.42 Å². The van der Waals surface area contributed by atoms with Gasteiger partial charge in [-0.05, 0) is 39.9 Å². The van der Waals surface area contributed by atoms with E-state index >= 15 is 0 Å². The van der Waals surface area contributed by atoms with Gasteiger partial charge in [0.15, 0.2) is 17.5 Å². The maximum atomic E-state index is 6.75. The highest BCUT2D eigenvalue weighted by Crippen LogP contribution is 2.51. The lowest BCUT2D eigenvalue weighted by Crippen LogP contribution is -2.17. The van der Waals surface area contributed by atoms with Crippen molar-refractivity contribution >= 4 is 21.9 Å². The number of pyridine rings is 1. The van der Waals surface area contributed by atoms with Crippen molar-refractivity contribution in [1.29, 1.82) is 0 Å². The fourth-order valence-electron chi connectivity index (χ4n) is 7.05. The van der Waals surface area contributed by atoms with Crippen molar-refractivity contribution in [1.82, 2.24) is 19.9 Å². The van der Waals surface area contributed by atoms with Crippen LogP contribution in [0.2, 0.25) is 0 Å². The number of fused-ring (bicyclic) bond motifs is 6. The molecule has 0 unspecified atom stereocenters. The average molecular weight is 593 g/mol. The summed E-state index contributed by atoms with van der Waals surface area (Å²) in [6.07, 6.45) is 1.86. The molecule has 0 fully saturated rings. The van der Waals surface area contributed by atoms with Gasteiger partial charge in [-0.2, -0.15) is 0 Å². The van der Waals surface area contributed by atoms with Gasteiger partial charge in [0, 0.05) is 33.5 Å². The molecular formula is C41H28N4O. The molecule has 0 saturated heterocycles. The minimum Gasteiger partial charge on any atom is -0.455 e. The van der Waals surface area contributed by atoms with E-state index < -0.39 is 0 Å². The van der Waals surface area contributed by atoms with E-state index in [1.807, 2.05) is 66.9 Å². The minimum absolute atomic E-state index is 0.276. The number of aromatic nitrogens is 4. The van der Waals surface area contributed by atoms with E-state index in [1.54, 1.807) is 0 Å². The summed E-state index contributed by atoms with van der Waals surface area (Å²) in [5, 5.41) is 2.07. The molecule has 1 aliphatic rings. The van der Waals surface area contributed by atoms with Crippen molar-refractivity contribution < 1.29 is 4.42 Å². The maximum absolute atomic E-state index is 6.75. The van der Waals surface area contributed by atoms with Gasteiger partial charge in [0.2, 0.25) is 0 Å². The third-order valence-corrected chi connectivity index (χ3v) is 9.20. The van der Waals surface area contributed by atoms with E-state index in [1.165, 1.54) is 16.7 Å². The Bertz CT molecular complexity index is 2450. The quantitative estimate of drug-likeness (QED) is 0.203. The van der Waals surface area contributed by atoms with Gasteiger partial charge >= 0.3 is 0 Å². The zero-order chi connectivity index (χ0) is 30.8. The molecule has 0 atom stereocenters. The first kappa shape index (κ1) is 26.5. The van der Waals surface area contributed by atoms with Crippen LogP contribution in [0.3, 0.4) is 0 Å². The van der Waals surface area contributed by atoms with Crippen molar-refractivity contribution in [3.05, 3.63) is 145 Å². The summed E-state index contributed by atoms with van der Waals surface area (Å²) in [7, 11) is 0. The predicted octanol–water partition coefficient (Wildman–Crippen LogP) is 10.1. The summed E-state index contributed by atoms with van der Waals surface area (Å²) >= 11 is 0. The highest BCUT2D eigenvalue weighted by atomic mass is 16.3. The van der Waals surface area contributed by atoms with E-state index in [-0.39, 0.29) is 5.41 Å². The lowest BCUT2D eigenvalue weighted by atomic mass is 9.81. The van der Waals surface area contributed by atoms with Gasteiger partial charge in [-0.25, -0.2) is 15.0 Å². The lowest BCUT2D eigenvalue weighted by Gasteiger charge is -2.23. The molecule has 0 saturated carbocycles. The molecule has 0 spiro atoms. The highest BCUT2D eigenvalue weighted by molar-refractivity contribution is 6.12. The number of hydrogen-bond acceptors (Lipinski definition) is 5. The van der Waals surface area contributed by atoms with Crippen molar-refractivity contribution in [3.63, 3.8) is 0 Å². The zero-order valence-electron chi connectivity index (χ0n) is 25.4. The van der Waals surface area contributed by atoms with Gasteiger partial charge in [-0.1, -0.05) is 129 Å². The van der Waals surface area contributed by atoms with Gasteiger partial charge in [-0.3, -0.25) is 4.98 Å². The number of rotatable bonds is 4. The summed E-state index contributed by atoms with van der Waals surface area (Å²) in [5.41, 5.74) is 10.7. The van der Waals surface area contributed by atoms with Crippen LogP contribution in [0.15, 0.2) is 138 Å². The standard InChI is InChI=1S/C41H28N4O/c1-41(2)33-22-10-9-17-28(33)29-23-24-42-35(34(29)41)40-44-38(26-15-7-4-8-16-26)43-39(45-40)32-21-12-20-31-30-19-11-18-27(36(30)46-37(31)32)25-13-5-3-6-14-25/h3-24H,1-2H3. The Balaban J connectivity index is 1.30. The maximum Gasteiger partial charge on any atom is 0.182 e. The number of hydrogen-bond donors (Lipinski definition) is 0. The lowest BCUT2D eigenvalue weighted by molar-refractivity contribution is 0.658. The van der Waals surface area contributed by atoms with E-state index in [2.05, 4.69) is 80.6 Å². The minimum atomic E-state index is -0.276. The van der Waals surface area contributed by atoms with Crippen LogP contribution in [0, 0.1) is 0 Å². The Morgan fingerprint density at radius 2 is 1.07 bits per heavy atom. The first-order valence-electron chi connectivity index (χ1n) is 15.5. The van der Waals surface area contributed by atoms with E-state index in [0.717, 1.165) is 55.4 Å². The van der Waals surface area contributed by atoms with Crippen molar-refractivity contribution in [2.75, 3.05) is 0 Å². The van der Waals surface area contributed by atoms with Gasteiger partial charge in [0.05, 0.1) is 5.56 Å². The van der Waals surface area contributed by atoms with Crippen LogP contribution in [0.1, 0.15) is 25.0 Å². The van der Waals surface area contributed by atoms with E-state index in [9.17, 15) is 0 Å². The summed E-state index contributed by atoms with van der Waals surface area (Å²) in [6, 6.07) is 43.6. The Morgan fingerprint density at radius 3 is 1.83 bits per heavy atom. The number of furan rings is 1. The fraction of sp³-hybridized carbons (Fsp3) is 0.0732. The number of benzene rings is 5. The topological polar surface area (TPSA) is 64.7 Å². The van der Waals surface area contributed by atoms with Crippen LogP contribution in [0.25, 0.3) is 78.5 Å². The molecule has 5 heteroatoms. The summed E-state index contributed by atoms with van der Waals surface area (Å²) in [5.74, 6) is 1.67. The van der Waals surface area contributed by atoms with Crippen LogP contribution >= 0.6 is 0 Å². The number of nitrogens with zero attached hydrogens (tertiary/aromatic N) is 4. The van der Waals surface area contributed by atoms with E-state index in [0.29, 0.717) is 17.5 Å². The fourth-order valence-corrected chi connectivity index (χ4v) is 7.05. The van der Waals surface area contributed by atoms with Crippen molar-refractivity contribution in [2.45, 2.75) is 19.3 Å². The van der Waals surface area contributed by atoms with Crippen LogP contribution in [-0.2, 0) is 5.41 Å². The molecule has 0 radical (unpaired) electrons.